The van der Waals surface area contributed by atoms with Crippen molar-refractivity contribution in [2.75, 3.05) is 9.80 Å². The van der Waals surface area contributed by atoms with Crippen LogP contribution in [0.4, 0.5) is 11.4 Å². The van der Waals surface area contributed by atoms with Gasteiger partial charge in [-0.15, -0.1) is 23.5 Å². The van der Waals surface area contributed by atoms with Crippen LogP contribution in [0.15, 0.2) is 48.5 Å². The van der Waals surface area contributed by atoms with Gasteiger partial charge in [-0.3, -0.25) is 0 Å². The Morgan fingerprint density at radius 3 is 1.26 bits per heavy atom. The van der Waals surface area contributed by atoms with Crippen molar-refractivity contribution in [1.82, 2.24) is 0 Å². The van der Waals surface area contributed by atoms with Gasteiger partial charge in [0.2, 0.25) is 0 Å². The quantitative estimate of drug-likeness (QED) is 0.297. The molecule has 2 heterocycles. The van der Waals surface area contributed by atoms with Crippen LogP contribution < -0.4 is 9.80 Å². The van der Waals surface area contributed by atoms with Crippen molar-refractivity contribution >= 4 is 34.9 Å². The molecule has 2 nitrogen and oxygen atoms in total. The molecular weight excluding hydrogens is 729 g/mol. The highest BCUT2D eigenvalue weighted by Crippen LogP contribution is 2.56. The molecule has 4 heteroatoms. The van der Waals surface area contributed by atoms with Gasteiger partial charge in [-0.25, -0.2) is 0 Å². The molecule has 0 aromatic heterocycles. The molecule has 57 heavy (non-hydrogen) atoms. The highest BCUT2D eigenvalue weighted by molar-refractivity contribution is 8.04. The van der Waals surface area contributed by atoms with Crippen LogP contribution >= 0.6 is 23.5 Å². The minimum atomic E-state index is 0.240. The van der Waals surface area contributed by atoms with Crippen molar-refractivity contribution in [2.45, 2.75) is 250 Å². The lowest BCUT2D eigenvalue weighted by atomic mass is 9.69. The van der Waals surface area contributed by atoms with Crippen LogP contribution in [-0.4, -0.2) is 45.2 Å². The summed E-state index contributed by atoms with van der Waals surface area (Å²) in [5.74, 6) is 1.57. The van der Waals surface area contributed by atoms with E-state index in [4.69, 9.17) is 0 Å². The second kappa shape index (κ2) is 19.2. The molecule has 8 unspecified atom stereocenters. The van der Waals surface area contributed by atoms with Gasteiger partial charge in [0.1, 0.15) is 0 Å². The summed E-state index contributed by atoms with van der Waals surface area (Å²) in [5, 5.41) is 3.02. The van der Waals surface area contributed by atoms with E-state index < -0.39 is 0 Å². The van der Waals surface area contributed by atoms with Gasteiger partial charge in [-0.1, -0.05) is 154 Å². The van der Waals surface area contributed by atoms with Crippen molar-refractivity contribution in [3.8, 4) is 0 Å². The maximum absolute atomic E-state index is 3.08. The summed E-state index contributed by atoms with van der Waals surface area (Å²) in [5.41, 5.74) is 6.58. The van der Waals surface area contributed by atoms with Gasteiger partial charge in [-0.2, -0.15) is 0 Å². The highest BCUT2D eigenvalue weighted by Gasteiger charge is 2.56. The Bertz CT molecular complexity index is 1510. The second-order valence-electron chi connectivity index (χ2n) is 20.9. The van der Waals surface area contributed by atoms with Crippen molar-refractivity contribution in [1.29, 1.82) is 0 Å². The predicted octanol–water partition coefficient (Wildman–Crippen LogP) is 15.4. The molecule has 0 bridgehead atoms. The average molecular weight is 809 g/mol. The van der Waals surface area contributed by atoms with E-state index in [1.807, 2.05) is 0 Å². The third kappa shape index (κ3) is 9.05. The van der Waals surface area contributed by atoms with E-state index in [9.17, 15) is 0 Å². The zero-order chi connectivity index (χ0) is 38.6. The second-order valence-corrected chi connectivity index (χ2v) is 23.7. The molecule has 9 rings (SSSR count). The normalized spacial score (nSPS) is 34.3. The first-order valence-corrected chi connectivity index (χ1v) is 27.0. The van der Waals surface area contributed by atoms with Gasteiger partial charge in [0, 0.05) is 56.5 Å². The number of thioether (sulfide) groups is 2. The first kappa shape index (κ1) is 41.1. The Hall–Kier alpha value is -1.26. The number of fused-ring (bicyclic) bond motifs is 5. The maximum atomic E-state index is 3.08. The lowest BCUT2D eigenvalue weighted by Crippen LogP contribution is -2.69. The summed E-state index contributed by atoms with van der Waals surface area (Å²) in [6.45, 7) is 5.19. The van der Waals surface area contributed by atoms with Crippen LogP contribution in [0.25, 0.3) is 0 Å². The molecule has 7 aliphatic rings. The molecule has 0 N–H and O–H groups in total. The van der Waals surface area contributed by atoms with E-state index >= 15 is 0 Å². The Morgan fingerprint density at radius 1 is 0.404 bits per heavy atom. The van der Waals surface area contributed by atoms with Crippen LogP contribution in [0.1, 0.15) is 211 Å². The van der Waals surface area contributed by atoms with Gasteiger partial charge >= 0.3 is 0 Å². The Balaban J connectivity index is 0.968. The fraction of sp³-hybridized carbons (Fsp3) is 0.774. The molecule has 2 aliphatic heterocycles. The van der Waals surface area contributed by atoms with Crippen LogP contribution in [0.3, 0.4) is 0 Å². The molecule has 0 spiro atoms. The Kier molecular flexibility index (Phi) is 13.8. The average Bonchev–Trinajstić information content (AvgIpc) is 3.34. The predicted molar refractivity (Wildman–Crippen MR) is 252 cm³/mol. The van der Waals surface area contributed by atoms with E-state index in [0.717, 1.165) is 38.9 Å². The Morgan fingerprint density at radius 2 is 0.789 bits per heavy atom. The molecule has 314 valence electrons. The van der Waals surface area contributed by atoms with Gasteiger partial charge < -0.3 is 9.80 Å². The van der Waals surface area contributed by atoms with Gasteiger partial charge in [-0.05, 0) is 117 Å². The third-order valence-electron chi connectivity index (χ3n) is 17.1. The number of hydrogen-bond donors (Lipinski definition) is 0. The summed E-state index contributed by atoms with van der Waals surface area (Å²) in [6, 6.07) is 23.6. The largest absolute Gasteiger partial charge is 0.363 e. The SMILES string of the molecule is CC(C)(c1ccc(N2C3CCCCC3SC3C4SC5CCCCC5N(c5ccc(C6CCCCCCCC6)cc5)C4CCC32)cc1)C1CCCCCCCCCC1. The smallest absolute Gasteiger partial charge is 0.0424 e. The Labute approximate surface area is 358 Å². The summed E-state index contributed by atoms with van der Waals surface area (Å²) in [7, 11) is 0. The summed E-state index contributed by atoms with van der Waals surface area (Å²) in [4.78, 5) is 6.15. The minimum Gasteiger partial charge on any atom is -0.363 e. The van der Waals surface area contributed by atoms with Crippen molar-refractivity contribution in [3.05, 3.63) is 59.7 Å². The third-order valence-corrected chi connectivity index (χ3v) is 20.9. The van der Waals surface area contributed by atoms with Gasteiger partial charge in [0.25, 0.3) is 0 Å². The monoisotopic (exact) mass is 809 g/mol. The molecule has 0 amide bonds. The van der Waals surface area contributed by atoms with Crippen LogP contribution in [0, 0.1) is 5.92 Å². The number of hydrogen-bond acceptors (Lipinski definition) is 4. The van der Waals surface area contributed by atoms with Crippen molar-refractivity contribution in [2.24, 2.45) is 5.92 Å². The number of rotatable bonds is 5. The molecule has 2 saturated heterocycles. The lowest BCUT2D eigenvalue weighted by molar-refractivity contribution is 0.266. The fourth-order valence-electron chi connectivity index (χ4n) is 13.7. The number of benzene rings is 2. The van der Waals surface area contributed by atoms with Gasteiger partial charge in [0.15, 0.2) is 0 Å². The number of nitrogens with zero attached hydrogens (tertiary/aromatic N) is 2. The topological polar surface area (TPSA) is 6.48 Å². The maximum Gasteiger partial charge on any atom is 0.0424 e. The highest BCUT2D eigenvalue weighted by atomic mass is 32.2. The summed E-state index contributed by atoms with van der Waals surface area (Å²) >= 11 is 4.98. The molecule has 8 atom stereocenters. The van der Waals surface area contributed by atoms with E-state index in [2.05, 4.69) is 95.7 Å². The minimum absolute atomic E-state index is 0.240. The molecule has 2 aromatic carbocycles. The summed E-state index contributed by atoms with van der Waals surface area (Å²) in [6.07, 6.45) is 39.8. The molecule has 5 saturated carbocycles. The van der Waals surface area contributed by atoms with Crippen LogP contribution in [0.2, 0.25) is 0 Å². The van der Waals surface area contributed by atoms with Crippen molar-refractivity contribution in [3.63, 3.8) is 0 Å². The first-order chi connectivity index (χ1) is 28.1. The van der Waals surface area contributed by atoms with E-state index in [1.165, 1.54) is 180 Å². The summed E-state index contributed by atoms with van der Waals surface area (Å²) < 4.78 is 0. The first-order valence-electron chi connectivity index (χ1n) is 25.1. The standard InChI is InChI=1S/C53H80N2S2/c1-53(2,41-23-15-11-5-3-4-6-12-16-24-41)42-31-35-44(36-32-42)55-46-26-18-20-28-50(46)57-52-48(55)38-37-47-51(52)56-49-27-19-17-25-45(49)54(47)43-33-29-40(30-34-43)39-21-13-9-7-8-10-14-22-39/h29-36,39,41,45-52H,3-28,37-38H2,1-2H3. The lowest BCUT2D eigenvalue weighted by Gasteiger charge is -2.62. The molecule has 7 fully saturated rings. The number of anilines is 2. The molecular formula is C53H80N2S2. The zero-order valence-electron chi connectivity index (χ0n) is 36.4. The van der Waals surface area contributed by atoms with Gasteiger partial charge in [0.05, 0.1) is 0 Å². The molecule has 0 radical (unpaired) electrons. The zero-order valence-corrected chi connectivity index (χ0v) is 38.0. The molecule has 5 aliphatic carbocycles. The fourth-order valence-corrected chi connectivity index (χ4v) is 18.0. The van der Waals surface area contributed by atoms with Crippen LogP contribution in [-0.2, 0) is 5.41 Å². The van der Waals surface area contributed by atoms with Crippen molar-refractivity contribution < 1.29 is 0 Å². The van der Waals surface area contributed by atoms with E-state index in [0.29, 0.717) is 18.1 Å². The van der Waals surface area contributed by atoms with E-state index in [-0.39, 0.29) is 5.41 Å². The molecule has 2 aromatic rings. The van der Waals surface area contributed by atoms with Crippen LogP contribution in [0.5, 0.6) is 0 Å². The van der Waals surface area contributed by atoms with E-state index in [1.54, 1.807) is 22.5 Å².